The minimum atomic E-state index is -0.384. The predicted octanol–water partition coefficient (Wildman–Crippen LogP) is 5.03. The fourth-order valence-corrected chi connectivity index (χ4v) is 5.28. The zero-order valence-electron chi connectivity index (χ0n) is 17.8. The number of anilines is 1. The van der Waals surface area contributed by atoms with Gasteiger partial charge in [0.1, 0.15) is 5.82 Å². The van der Waals surface area contributed by atoms with Gasteiger partial charge >= 0.3 is 6.03 Å². The number of carbonyl (C=O) groups excluding carboxylic acids is 1. The Hall–Kier alpha value is -3.06. The average molecular weight is 450 g/mol. The lowest BCUT2D eigenvalue weighted by Gasteiger charge is -2.42. The number of aromatic nitrogens is 1. The van der Waals surface area contributed by atoms with E-state index in [4.69, 9.17) is 0 Å². The lowest BCUT2D eigenvalue weighted by Crippen LogP contribution is -2.50. The molecule has 2 unspecified atom stereocenters. The number of fused-ring (bicyclic) bond motifs is 4. The van der Waals surface area contributed by atoms with Gasteiger partial charge in [-0.25, -0.2) is 9.18 Å². The molecule has 0 aliphatic carbocycles. The second-order valence-corrected chi connectivity index (χ2v) is 9.34. The molecule has 3 heterocycles. The number of nitrogens with one attached hydrogen (secondary N) is 1. The minimum absolute atomic E-state index is 0.0340. The number of pyridine rings is 1. The van der Waals surface area contributed by atoms with Gasteiger partial charge in [0, 0.05) is 47.4 Å². The molecule has 1 saturated heterocycles. The highest BCUT2D eigenvalue weighted by atomic mass is 32.2. The van der Waals surface area contributed by atoms with E-state index in [1.54, 1.807) is 28.8 Å². The monoisotopic (exact) mass is 449 g/mol. The molecule has 0 spiro atoms. The van der Waals surface area contributed by atoms with Gasteiger partial charge in [-0.15, -0.1) is 11.8 Å². The van der Waals surface area contributed by atoms with Gasteiger partial charge in [0.25, 0.3) is 5.56 Å². The van der Waals surface area contributed by atoms with Gasteiger partial charge in [0.2, 0.25) is 0 Å². The Bertz CT molecular complexity index is 1220. The van der Waals surface area contributed by atoms with E-state index in [0.717, 1.165) is 22.6 Å². The van der Waals surface area contributed by atoms with Gasteiger partial charge in [-0.2, -0.15) is 0 Å². The number of thioether (sulfide) groups is 1. The van der Waals surface area contributed by atoms with Crippen molar-refractivity contribution in [2.24, 2.45) is 5.92 Å². The molecule has 5 rings (SSSR count). The largest absolute Gasteiger partial charge is 0.324 e. The summed E-state index contributed by atoms with van der Waals surface area (Å²) >= 11 is 1.68. The molecular formula is C25H24FN3O2S. The Morgan fingerprint density at radius 3 is 2.62 bits per heavy atom. The van der Waals surface area contributed by atoms with Crippen LogP contribution in [-0.2, 0) is 6.54 Å². The third kappa shape index (κ3) is 3.93. The van der Waals surface area contributed by atoms with Crippen molar-refractivity contribution in [3.8, 4) is 11.1 Å². The van der Waals surface area contributed by atoms with Crippen LogP contribution in [0.4, 0.5) is 14.9 Å². The number of hydrogen-bond acceptors (Lipinski definition) is 3. The summed E-state index contributed by atoms with van der Waals surface area (Å²) in [5, 5.41) is 2.79. The van der Waals surface area contributed by atoms with Gasteiger partial charge in [0.05, 0.1) is 0 Å². The number of amides is 2. The maximum atomic E-state index is 13.4. The summed E-state index contributed by atoms with van der Waals surface area (Å²) in [6.45, 7) is 1.72. The fraction of sp³-hybridized carbons (Fsp3) is 0.280. The number of rotatable bonds is 3. The Morgan fingerprint density at radius 1 is 1.06 bits per heavy atom. The van der Waals surface area contributed by atoms with Crippen molar-refractivity contribution in [2.45, 2.75) is 23.8 Å². The summed E-state index contributed by atoms with van der Waals surface area (Å²) in [7, 11) is 0. The standard InChI is InChI=1S/C25H24FN3O2S/c1-32-21-7-5-17(6-8-21)22-9-10-23-18-11-16(14-29(23)24(22)30)13-28(15-18)25(31)27-20-4-2-3-19(26)12-20/h2-10,12,16,18H,11,13-15H2,1H3,(H,27,31). The first-order chi connectivity index (χ1) is 15.5. The molecule has 2 aliphatic rings. The van der Waals surface area contributed by atoms with Crippen LogP contribution in [0.5, 0.6) is 0 Å². The molecular weight excluding hydrogens is 425 g/mol. The molecule has 0 saturated carbocycles. The molecule has 1 N–H and O–H groups in total. The van der Waals surface area contributed by atoms with E-state index in [-0.39, 0.29) is 29.2 Å². The van der Waals surface area contributed by atoms with Crippen LogP contribution in [0.15, 0.2) is 70.4 Å². The van der Waals surface area contributed by atoms with Crippen LogP contribution >= 0.6 is 11.8 Å². The summed E-state index contributed by atoms with van der Waals surface area (Å²) in [6, 6.07) is 17.7. The van der Waals surface area contributed by atoms with Crippen LogP contribution in [0.2, 0.25) is 0 Å². The highest BCUT2D eigenvalue weighted by molar-refractivity contribution is 7.98. The first-order valence-corrected chi connectivity index (χ1v) is 11.9. The molecule has 2 aliphatic heterocycles. The quantitative estimate of drug-likeness (QED) is 0.571. The van der Waals surface area contributed by atoms with Crippen molar-refractivity contribution in [2.75, 3.05) is 24.7 Å². The second-order valence-electron chi connectivity index (χ2n) is 8.46. The molecule has 0 radical (unpaired) electrons. The van der Waals surface area contributed by atoms with Crippen molar-refractivity contribution in [3.63, 3.8) is 0 Å². The first-order valence-electron chi connectivity index (χ1n) is 10.7. The van der Waals surface area contributed by atoms with Crippen LogP contribution in [0.1, 0.15) is 18.0 Å². The number of benzene rings is 2. The number of nitrogens with zero attached hydrogens (tertiary/aromatic N) is 2. The molecule has 164 valence electrons. The third-order valence-corrected chi connectivity index (χ3v) is 7.11. The minimum Gasteiger partial charge on any atom is -0.324 e. The van der Waals surface area contributed by atoms with Crippen molar-refractivity contribution in [3.05, 3.63) is 82.5 Å². The van der Waals surface area contributed by atoms with Crippen molar-refractivity contribution < 1.29 is 9.18 Å². The van der Waals surface area contributed by atoms with Crippen LogP contribution < -0.4 is 10.9 Å². The average Bonchev–Trinajstić information content (AvgIpc) is 2.80. The van der Waals surface area contributed by atoms with Crippen molar-refractivity contribution >= 4 is 23.5 Å². The van der Waals surface area contributed by atoms with Gasteiger partial charge in [-0.1, -0.05) is 18.2 Å². The summed E-state index contributed by atoms with van der Waals surface area (Å²) in [5.74, 6) is -0.0572. The summed E-state index contributed by atoms with van der Waals surface area (Å²) in [6.07, 6.45) is 2.99. The molecule has 1 aromatic heterocycles. The third-order valence-electron chi connectivity index (χ3n) is 6.37. The van der Waals surface area contributed by atoms with Crippen LogP contribution in [0.3, 0.4) is 0 Å². The number of hydrogen-bond donors (Lipinski definition) is 1. The normalized spacial score (nSPS) is 19.4. The Kier molecular flexibility index (Phi) is 5.51. The molecule has 2 amide bonds. The molecule has 5 nitrogen and oxygen atoms in total. The highest BCUT2D eigenvalue weighted by Gasteiger charge is 2.36. The van der Waals surface area contributed by atoms with Gasteiger partial charge in [0.15, 0.2) is 0 Å². The van der Waals surface area contributed by atoms with E-state index in [9.17, 15) is 14.0 Å². The first kappa shape index (κ1) is 20.8. The maximum absolute atomic E-state index is 13.4. The van der Waals surface area contributed by atoms with Crippen molar-refractivity contribution in [1.82, 2.24) is 9.47 Å². The number of urea groups is 1. The van der Waals surface area contributed by atoms with Crippen LogP contribution in [0, 0.1) is 11.7 Å². The van der Waals surface area contributed by atoms with E-state index in [2.05, 4.69) is 5.32 Å². The van der Waals surface area contributed by atoms with E-state index >= 15 is 0 Å². The fourth-order valence-electron chi connectivity index (χ4n) is 4.87. The lowest BCUT2D eigenvalue weighted by atomic mass is 9.83. The summed E-state index contributed by atoms with van der Waals surface area (Å²) in [4.78, 5) is 29.1. The number of likely N-dealkylation sites (tertiary alicyclic amines) is 1. The van der Waals surface area contributed by atoms with Gasteiger partial charge in [-0.05, 0) is 66.6 Å². The predicted molar refractivity (Wildman–Crippen MR) is 126 cm³/mol. The van der Waals surface area contributed by atoms with Gasteiger partial charge < -0.3 is 14.8 Å². The van der Waals surface area contributed by atoms with E-state index < -0.39 is 0 Å². The SMILES string of the molecule is CSc1ccc(-c2ccc3n(c2=O)CC2CC3CN(C(=O)Nc3cccc(F)c3)C2)cc1. The maximum Gasteiger partial charge on any atom is 0.321 e. The molecule has 1 fully saturated rings. The van der Waals surface area contributed by atoms with Crippen LogP contribution in [-0.4, -0.2) is 34.8 Å². The van der Waals surface area contributed by atoms with E-state index in [1.165, 1.54) is 12.1 Å². The molecule has 2 atom stereocenters. The Balaban J connectivity index is 1.38. The molecule has 7 heteroatoms. The van der Waals surface area contributed by atoms with Gasteiger partial charge in [-0.3, -0.25) is 4.79 Å². The zero-order valence-corrected chi connectivity index (χ0v) is 18.6. The highest BCUT2D eigenvalue weighted by Crippen LogP contribution is 2.36. The van der Waals surface area contributed by atoms with E-state index in [1.807, 2.05) is 47.2 Å². The number of carbonyl (C=O) groups is 1. The molecule has 32 heavy (non-hydrogen) atoms. The number of piperidine rings is 1. The summed E-state index contributed by atoms with van der Waals surface area (Å²) < 4.78 is 15.3. The molecule has 2 aromatic carbocycles. The zero-order chi connectivity index (χ0) is 22.2. The summed E-state index contributed by atoms with van der Waals surface area (Å²) in [5.41, 5.74) is 3.10. The molecule has 3 aromatic rings. The Morgan fingerprint density at radius 2 is 1.88 bits per heavy atom. The van der Waals surface area contributed by atoms with E-state index in [0.29, 0.717) is 30.9 Å². The second kappa shape index (κ2) is 8.47. The van der Waals surface area contributed by atoms with Crippen LogP contribution in [0.25, 0.3) is 11.1 Å². The molecule has 2 bridgehead atoms. The Labute approximate surface area is 190 Å². The van der Waals surface area contributed by atoms with Crippen molar-refractivity contribution in [1.29, 1.82) is 0 Å². The number of halogens is 1. The lowest BCUT2D eigenvalue weighted by molar-refractivity contribution is 0.139. The topological polar surface area (TPSA) is 54.3 Å². The smallest absolute Gasteiger partial charge is 0.321 e.